The molecule has 18 heavy (non-hydrogen) atoms. The van der Waals surface area contributed by atoms with Gasteiger partial charge in [0.15, 0.2) is 0 Å². The second-order valence-corrected chi connectivity index (χ2v) is 5.35. The molecule has 0 atom stereocenters. The minimum atomic E-state index is 0.394. The van der Waals surface area contributed by atoms with E-state index in [0.717, 1.165) is 21.7 Å². The van der Waals surface area contributed by atoms with E-state index < -0.39 is 0 Å². The maximum absolute atomic E-state index is 5.80. The highest BCUT2D eigenvalue weighted by atomic mass is 79.9. The largest absolute Gasteiger partial charge is 0.485 e. The third-order valence-corrected chi connectivity index (χ3v) is 3.42. The number of rotatable bonds is 4. The van der Waals surface area contributed by atoms with Gasteiger partial charge in [0, 0.05) is 17.9 Å². The van der Waals surface area contributed by atoms with E-state index in [1.165, 1.54) is 0 Å². The van der Waals surface area contributed by atoms with Crippen LogP contribution in [0.2, 0.25) is 0 Å². The van der Waals surface area contributed by atoms with Crippen LogP contribution >= 0.6 is 15.9 Å². The Morgan fingerprint density at radius 2 is 2.06 bits per heavy atom. The summed E-state index contributed by atoms with van der Waals surface area (Å²) in [5, 5.41) is 0. The van der Waals surface area contributed by atoms with Crippen molar-refractivity contribution in [1.82, 2.24) is 9.55 Å². The van der Waals surface area contributed by atoms with Crippen LogP contribution in [0.15, 0.2) is 34.9 Å². The molecule has 2 rings (SSSR count). The summed E-state index contributed by atoms with van der Waals surface area (Å²) in [5.74, 6) is 1.80. The number of aromatic nitrogens is 2. The van der Waals surface area contributed by atoms with E-state index >= 15 is 0 Å². The van der Waals surface area contributed by atoms with Gasteiger partial charge in [-0.2, -0.15) is 0 Å². The summed E-state index contributed by atoms with van der Waals surface area (Å²) in [6.45, 7) is 6.84. The Bertz CT molecular complexity index is 534. The lowest BCUT2D eigenvalue weighted by Gasteiger charge is -2.14. The van der Waals surface area contributed by atoms with Crippen LogP contribution in [0.1, 0.15) is 31.4 Å². The molecule has 0 spiro atoms. The van der Waals surface area contributed by atoms with Gasteiger partial charge < -0.3 is 9.30 Å². The minimum Gasteiger partial charge on any atom is -0.485 e. The zero-order valence-corrected chi connectivity index (χ0v) is 12.4. The van der Waals surface area contributed by atoms with Crippen molar-refractivity contribution in [3.05, 3.63) is 46.5 Å². The fraction of sp³-hybridized carbons (Fsp3) is 0.357. The van der Waals surface area contributed by atoms with Crippen LogP contribution in [0.5, 0.6) is 5.75 Å². The SMILES string of the molecule is Cc1cnc(COc2ccccc2Br)n1C(C)C. The number of nitrogens with zero attached hydrogens (tertiary/aromatic N) is 2. The van der Waals surface area contributed by atoms with Crippen LogP contribution in [0.3, 0.4) is 0 Å². The Labute approximate surface area is 116 Å². The molecule has 0 aliphatic rings. The van der Waals surface area contributed by atoms with Crippen LogP contribution in [-0.4, -0.2) is 9.55 Å². The van der Waals surface area contributed by atoms with Crippen molar-refractivity contribution in [3.63, 3.8) is 0 Å². The Balaban J connectivity index is 2.14. The van der Waals surface area contributed by atoms with E-state index in [1.54, 1.807) is 0 Å². The fourth-order valence-electron chi connectivity index (χ4n) is 2.01. The first-order chi connectivity index (χ1) is 8.59. The highest BCUT2D eigenvalue weighted by molar-refractivity contribution is 9.10. The zero-order valence-electron chi connectivity index (χ0n) is 10.9. The first-order valence-electron chi connectivity index (χ1n) is 5.99. The van der Waals surface area contributed by atoms with Crippen molar-refractivity contribution < 1.29 is 4.74 Å². The number of para-hydroxylation sites is 1. The molecule has 96 valence electrons. The van der Waals surface area contributed by atoms with Crippen molar-refractivity contribution in [2.24, 2.45) is 0 Å². The standard InChI is InChI=1S/C14H17BrN2O/c1-10(2)17-11(3)8-16-14(17)9-18-13-7-5-4-6-12(13)15/h4-8,10H,9H2,1-3H3. The predicted molar refractivity (Wildman–Crippen MR) is 75.8 cm³/mol. The predicted octanol–water partition coefficient (Wildman–Crippen LogP) is 4.11. The molecule has 0 saturated heterocycles. The molecular weight excluding hydrogens is 292 g/mol. The lowest BCUT2D eigenvalue weighted by Crippen LogP contribution is -2.10. The smallest absolute Gasteiger partial charge is 0.147 e. The molecule has 2 aromatic rings. The van der Waals surface area contributed by atoms with Gasteiger partial charge in [-0.25, -0.2) is 4.98 Å². The summed E-state index contributed by atoms with van der Waals surface area (Å²) in [5.41, 5.74) is 1.16. The third kappa shape index (κ3) is 2.75. The molecule has 1 aromatic carbocycles. The second kappa shape index (κ2) is 5.57. The number of halogens is 1. The van der Waals surface area contributed by atoms with E-state index in [4.69, 9.17) is 4.74 Å². The third-order valence-electron chi connectivity index (χ3n) is 2.77. The van der Waals surface area contributed by atoms with Gasteiger partial charge in [0.1, 0.15) is 18.2 Å². The van der Waals surface area contributed by atoms with Gasteiger partial charge in [0.05, 0.1) is 4.47 Å². The summed E-state index contributed by atoms with van der Waals surface area (Å²) in [4.78, 5) is 4.40. The van der Waals surface area contributed by atoms with Crippen molar-refractivity contribution in [2.75, 3.05) is 0 Å². The average Bonchev–Trinajstić information content (AvgIpc) is 2.69. The van der Waals surface area contributed by atoms with Crippen molar-refractivity contribution in [3.8, 4) is 5.75 Å². The topological polar surface area (TPSA) is 27.1 Å². The summed E-state index contributed by atoms with van der Waals surface area (Å²) < 4.78 is 8.95. The Kier molecular flexibility index (Phi) is 4.07. The Hall–Kier alpha value is -1.29. The molecular formula is C14H17BrN2O. The molecule has 0 N–H and O–H groups in total. The number of hydrogen-bond donors (Lipinski definition) is 0. The van der Waals surface area contributed by atoms with Gasteiger partial charge in [0.2, 0.25) is 0 Å². The van der Waals surface area contributed by atoms with Crippen LogP contribution in [0.4, 0.5) is 0 Å². The molecule has 0 unspecified atom stereocenters. The van der Waals surface area contributed by atoms with E-state index in [2.05, 4.69) is 46.3 Å². The quantitative estimate of drug-likeness (QED) is 0.849. The summed E-state index contributed by atoms with van der Waals surface area (Å²) in [6, 6.07) is 8.23. The number of ether oxygens (including phenoxy) is 1. The molecule has 0 radical (unpaired) electrons. The van der Waals surface area contributed by atoms with Gasteiger partial charge in [0.25, 0.3) is 0 Å². The molecule has 1 heterocycles. The summed E-state index contributed by atoms with van der Waals surface area (Å²) >= 11 is 3.47. The molecule has 0 saturated carbocycles. The number of benzene rings is 1. The Morgan fingerprint density at radius 3 is 2.72 bits per heavy atom. The minimum absolute atomic E-state index is 0.394. The van der Waals surface area contributed by atoms with E-state index in [1.807, 2.05) is 30.5 Å². The molecule has 0 fully saturated rings. The molecule has 4 heteroatoms. The van der Waals surface area contributed by atoms with Gasteiger partial charge >= 0.3 is 0 Å². The molecule has 1 aromatic heterocycles. The zero-order chi connectivity index (χ0) is 13.1. The maximum atomic E-state index is 5.80. The van der Waals surface area contributed by atoms with Gasteiger partial charge in [-0.3, -0.25) is 0 Å². The molecule has 0 bridgehead atoms. The summed E-state index contributed by atoms with van der Waals surface area (Å²) in [6.07, 6.45) is 1.89. The van der Waals surface area contributed by atoms with E-state index in [0.29, 0.717) is 12.6 Å². The van der Waals surface area contributed by atoms with Gasteiger partial charge in [-0.1, -0.05) is 12.1 Å². The van der Waals surface area contributed by atoms with Crippen molar-refractivity contribution >= 4 is 15.9 Å². The highest BCUT2D eigenvalue weighted by Crippen LogP contribution is 2.25. The fourth-order valence-corrected chi connectivity index (χ4v) is 2.41. The van der Waals surface area contributed by atoms with Crippen molar-refractivity contribution in [1.29, 1.82) is 0 Å². The number of aryl methyl sites for hydroxylation is 1. The van der Waals surface area contributed by atoms with Crippen LogP contribution in [-0.2, 0) is 6.61 Å². The first-order valence-corrected chi connectivity index (χ1v) is 6.79. The monoisotopic (exact) mass is 308 g/mol. The van der Waals surface area contributed by atoms with Gasteiger partial charge in [-0.15, -0.1) is 0 Å². The van der Waals surface area contributed by atoms with Gasteiger partial charge in [-0.05, 0) is 48.8 Å². The van der Waals surface area contributed by atoms with Crippen molar-refractivity contribution in [2.45, 2.75) is 33.4 Å². The second-order valence-electron chi connectivity index (χ2n) is 4.50. The molecule has 0 aliphatic heterocycles. The number of hydrogen-bond acceptors (Lipinski definition) is 2. The number of imidazole rings is 1. The first kappa shape index (κ1) is 13.1. The van der Waals surface area contributed by atoms with E-state index in [9.17, 15) is 0 Å². The van der Waals surface area contributed by atoms with E-state index in [-0.39, 0.29) is 0 Å². The normalized spacial score (nSPS) is 10.9. The lowest BCUT2D eigenvalue weighted by molar-refractivity contribution is 0.284. The summed E-state index contributed by atoms with van der Waals surface area (Å²) in [7, 11) is 0. The lowest BCUT2D eigenvalue weighted by atomic mass is 10.3. The highest BCUT2D eigenvalue weighted by Gasteiger charge is 2.10. The average molecular weight is 309 g/mol. The molecule has 3 nitrogen and oxygen atoms in total. The Morgan fingerprint density at radius 1 is 1.33 bits per heavy atom. The maximum Gasteiger partial charge on any atom is 0.147 e. The molecule has 0 amide bonds. The molecule has 0 aliphatic carbocycles. The van der Waals surface area contributed by atoms with Crippen LogP contribution < -0.4 is 4.74 Å². The van der Waals surface area contributed by atoms with Crippen LogP contribution in [0, 0.1) is 6.92 Å². The van der Waals surface area contributed by atoms with Crippen LogP contribution in [0.25, 0.3) is 0 Å².